The molecular weight excluding hydrogens is 830 g/mol. The van der Waals surface area contributed by atoms with E-state index in [1.165, 1.54) is 27.8 Å². The number of hydrogen-bond donors (Lipinski definition) is 1. The number of rotatable bonds is 8. The van der Waals surface area contributed by atoms with Crippen LogP contribution in [0.2, 0.25) is 0 Å². The van der Waals surface area contributed by atoms with Gasteiger partial charge < -0.3 is 10.0 Å². The third kappa shape index (κ3) is 8.99. The van der Waals surface area contributed by atoms with Crippen molar-refractivity contribution in [2.75, 3.05) is 4.90 Å². The zero-order chi connectivity index (χ0) is 37.4. The van der Waals surface area contributed by atoms with E-state index < -0.39 is 0 Å². The summed E-state index contributed by atoms with van der Waals surface area (Å²) in [5.74, 6) is 1.67. The van der Waals surface area contributed by atoms with Crippen molar-refractivity contribution in [1.82, 2.24) is 9.97 Å². The van der Waals surface area contributed by atoms with Gasteiger partial charge >= 0.3 is 0 Å². The number of phenolic OH excluding ortho intramolecular Hbond substituents is 1. The largest absolute Gasteiger partial charge is 0.517 e. The van der Waals surface area contributed by atoms with E-state index in [0.29, 0.717) is 11.8 Å². The Hall–Kier alpha value is -4.53. The van der Waals surface area contributed by atoms with Crippen LogP contribution in [0.1, 0.15) is 103 Å². The summed E-state index contributed by atoms with van der Waals surface area (Å²) in [5.41, 5.74) is 12.5. The molecule has 4 nitrogen and oxygen atoms in total. The molecule has 0 spiro atoms. The minimum atomic E-state index is 0. The fourth-order valence-corrected chi connectivity index (χ4v) is 6.40. The van der Waals surface area contributed by atoms with Gasteiger partial charge in [-0.3, -0.25) is 4.98 Å². The number of aromatic hydroxyl groups is 1. The second kappa shape index (κ2) is 15.8. The fourth-order valence-electron chi connectivity index (χ4n) is 6.40. The second-order valence-electron chi connectivity index (χ2n) is 16.6. The van der Waals surface area contributed by atoms with Crippen LogP contribution in [0.3, 0.4) is 0 Å². The molecular formula is C48H52N3OPt-. The van der Waals surface area contributed by atoms with Crippen LogP contribution in [0, 0.1) is 6.07 Å². The molecule has 0 radical (unpaired) electrons. The van der Waals surface area contributed by atoms with Crippen LogP contribution in [0.25, 0.3) is 33.6 Å². The number of para-hydroxylation sites is 1. The molecule has 4 aromatic carbocycles. The van der Waals surface area contributed by atoms with E-state index in [1.807, 2.05) is 48.7 Å². The third-order valence-electron chi connectivity index (χ3n) is 9.75. The molecule has 6 rings (SSSR count). The van der Waals surface area contributed by atoms with Crippen LogP contribution in [0.4, 0.5) is 17.2 Å². The molecule has 53 heavy (non-hydrogen) atoms. The van der Waals surface area contributed by atoms with Crippen molar-refractivity contribution in [2.45, 2.75) is 91.9 Å². The minimum absolute atomic E-state index is 0. The van der Waals surface area contributed by atoms with Crippen molar-refractivity contribution >= 4 is 17.2 Å². The number of pyridine rings is 2. The summed E-state index contributed by atoms with van der Waals surface area (Å²) < 4.78 is 0. The summed E-state index contributed by atoms with van der Waals surface area (Å²) in [6.45, 7) is 22.6. The summed E-state index contributed by atoms with van der Waals surface area (Å²) >= 11 is 0. The quantitative estimate of drug-likeness (QED) is 0.155. The average molecular weight is 882 g/mol. The van der Waals surface area contributed by atoms with Crippen molar-refractivity contribution in [1.29, 1.82) is 0 Å². The van der Waals surface area contributed by atoms with Gasteiger partial charge in [-0.2, -0.15) is 0 Å². The number of phenols is 1. The average Bonchev–Trinajstić information content (AvgIpc) is 3.11. The van der Waals surface area contributed by atoms with Crippen molar-refractivity contribution in [3.05, 3.63) is 144 Å². The summed E-state index contributed by atoms with van der Waals surface area (Å²) in [4.78, 5) is 12.3. The Balaban J connectivity index is 0.00000541. The molecule has 0 aliphatic heterocycles. The van der Waals surface area contributed by atoms with Gasteiger partial charge in [-0.05, 0) is 104 Å². The van der Waals surface area contributed by atoms with E-state index in [-0.39, 0.29) is 37.6 Å². The van der Waals surface area contributed by atoms with Gasteiger partial charge in [-0.15, -0.1) is 29.8 Å². The van der Waals surface area contributed by atoms with E-state index in [1.54, 1.807) is 6.07 Å². The molecule has 0 atom stereocenters. The van der Waals surface area contributed by atoms with Gasteiger partial charge in [-0.25, -0.2) is 4.98 Å². The van der Waals surface area contributed by atoms with Gasteiger partial charge in [0.15, 0.2) is 0 Å². The molecule has 2 aromatic heterocycles. The predicted octanol–water partition coefficient (Wildman–Crippen LogP) is 13.3. The standard InChI is InChI=1S/C48H52N3O.Pt/c1-31(2)35-23-36(32(3)4)28-41(27-35)51(40-16-13-15-34(26-40)42-17-11-12-19-45(42)52)46-20-14-18-43(50-46)44-29-33(21-22-49-44)37-24-38(47(5,6)7)30-39(25-37)48(8,9)10;/h11-25,27-32,52H,1-10H3;/q-1;. The number of hydrogen-bond acceptors (Lipinski definition) is 4. The van der Waals surface area contributed by atoms with Gasteiger partial charge in [0.25, 0.3) is 0 Å². The smallest absolute Gasteiger partial charge is 0.136 e. The van der Waals surface area contributed by atoms with Crippen LogP contribution >= 0.6 is 0 Å². The number of anilines is 3. The third-order valence-corrected chi connectivity index (χ3v) is 9.75. The van der Waals surface area contributed by atoms with Crippen LogP contribution < -0.4 is 4.90 Å². The van der Waals surface area contributed by atoms with Crippen molar-refractivity contribution in [2.24, 2.45) is 0 Å². The summed E-state index contributed by atoms with van der Waals surface area (Å²) in [6.07, 6.45) is 1.89. The van der Waals surface area contributed by atoms with E-state index >= 15 is 0 Å². The second-order valence-corrected chi connectivity index (χ2v) is 16.6. The van der Waals surface area contributed by atoms with Crippen LogP contribution in [-0.4, -0.2) is 15.1 Å². The van der Waals surface area contributed by atoms with Crippen molar-refractivity contribution in [3.63, 3.8) is 0 Å². The number of nitrogens with zero attached hydrogens (tertiary/aromatic N) is 3. The Labute approximate surface area is 331 Å². The van der Waals surface area contributed by atoms with Crippen LogP contribution in [-0.2, 0) is 31.9 Å². The van der Waals surface area contributed by atoms with Crippen molar-refractivity contribution in [3.8, 4) is 39.4 Å². The molecule has 6 aromatic rings. The Morgan fingerprint density at radius 2 is 1.25 bits per heavy atom. The molecule has 0 bridgehead atoms. The summed E-state index contributed by atoms with van der Waals surface area (Å²) in [6, 6.07) is 41.3. The van der Waals surface area contributed by atoms with Crippen molar-refractivity contribution < 1.29 is 26.2 Å². The Morgan fingerprint density at radius 1 is 0.623 bits per heavy atom. The van der Waals surface area contributed by atoms with E-state index in [0.717, 1.165) is 45.3 Å². The van der Waals surface area contributed by atoms with Crippen LogP contribution in [0.5, 0.6) is 5.75 Å². The normalized spacial score (nSPS) is 11.8. The predicted molar refractivity (Wildman–Crippen MR) is 219 cm³/mol. The minimum Gasteiger partial charge on any atom is -0.517 e. The van der Waals surface area contributed by atoms with E-state index in [2.05, 4.69) is 141 Å². The maximum atomic E-state index is 10.7. The zero-order valence-corrected chi connectivity index (χ0v) is 35.0. The molecule has 0 aliphatic rings. The maximum Gasteiger partial charge on any atom is 0.136 e. The van der Waals surface area contributed by atoms with Gasteiger partial charge in [0.05, 0.1) is 17.1 Å². The maximum absolute atomic E-state index is 10.7. The Kier molecular flexibility index (Phi) is 11.8. The first-order valence-electron chi connectivity index (χ1n) is 18.4. The molecule has 0 aliphatic carbocycles. The monoisotopic (exact) mass is 881 g/mol. The molecule has 5 heteroatoms. The van der Waals surface area contributed by atoms with Crippen LogP contribution in [0.15, 0.2) is 115 Å². The molecule has 2 heterocycles. The molecule has 1 N–H and O–H groups in total. The SMILES string of the molecule is CC(C)c1cc(C(C)C)cc(N(c2[c-]c(-c3ccccc3O)ccc2)c2cccc(-c3cc(-c4cc(C(C)(C)C)cc(C(C)(C)C)c4)ccn3)n2)c1.[Pt]. The number of benzene rings is 4. The van der Waals surface area contributed by atoms with E-state index in [9.17, 15) is 5.11 Å². The van der Waals surface area contributed by atoms with Gasteiger partial charge in [-0.1, -0.05) is 123 Å². The van der Waals surface area contributed by atoms with Gasteiger partial charge in [0, 0.05) is 32.9 Å². The van der Waals surface area contributed by atoms with Gasteiger partial charge in [0.1, 0.15) is 5.82 Å². The first-order chi connectivity index (χ1) is 24.6. The summed E-state index contributed by atoms with van der Waals surface area (Å²) in [7, 11) is 0. The molecule has 0 fully saturated rings. The first-order valence-corrected chi connectivity index (χ1v) is 18.4. The zero-order valence-electron chi connectivity index (χ0n) is 32.7. The summed E-state index contributed by atoms with van der Waals surface area (Å²) in [5, 5.41) is 10.7. The molecule has 0 saturated carbocycles. The number of aromatic nitrogens is 2. The Bertz CT molecular complexity index is 2150. The molecule has 276 valence electrons. The first kappa shape index (κ1) is 39.7. The fraction of sp³-hybridized carbons (Fsp3) is 0.292. The molecule has 0 saturated heterocycles. The van der Waals surface area contributed by atoms with E-state index in [4.69, 9.17) is 9.97 Å². The topological polar surface area (TPSA) is 49.2 Å². The van der Waals surface area contributed by atoms with Gasteiger partial charge in [0.2, 0.25) is 0 Å². The molecule has 0 amide bonds. The Morgan fingerprint density at radius 3 is 1.85 bits per heavy atom. The molecule has 0 unspecified atom stereocenters.